The highest BCUT2D eigenvalue weighted by molar-refractivity contribution is 5.95. The number of amides is 1. The van der Waals surface area contributed by atoms with Crippen LogP contribution in [0.1, 0.15) is 27.7 Å². The van der Waals surface area contributed by atoms with Crippen molar-refractivity contribution < 1.29 is 18.7 Å². The number of methoxy groups -OCH3 is 1. The molecule has 0 fully saturated rings. The number of benzene rings is 1. The van der Waals surface area contributed by atoms with Crippen molar-refractivity contribution in [3.8, 4) is 0 Å². The molecule has 0 saturated carbocycles. The third-order valence-corrected chi connectivity index (χ3v) is 3.18. The Bertz CT molecular complexity index is 664. The minimum absolute atomic E-state index is 0.111. The van der Waals surface area contributed by atoms with Crippen molar-refractivity contribution in [1.29, 1.82) is 0 Å². The Kier molecular flexibility index (Phi) is 4.93. The Balaban J connectivity index is 2.14. The van der Waals surface area contributed by atoms with Gasteiger partial charge in [-0.05, 0) is 12.5 Å². The van der Waals surface area contributed by atoms with Gasteiger partial charge in [0.25, 0.3) is 5.91 Å². The van der Waals surface area contributed by atoms with E-state index in [0.29, 0.717) is 18.0 Å². The number of hydrogen-bond donors (Lipinski definition) is 1. The van der Waals surface area contributed by atoms with Crippen LogP contribution < -0.4 is 5.32 Å². The lowest BCUT2D eigenvalue weighted by Gasteiger charge is -2.16. The van der Waals surface area contributed by atoms with Gasteiger partial charge in [0.15, 0.2) is 5.89 Å². The highest BCUT2D eigenvalue weighted by Crippen LogP contribution is 2.11. The van der Waals surface area contributed by atoms with Crippen LogP contribution in [0, 0.1) is 13.8 Å². The van der Waals surface area contributed by atoms with Gasteiger partial charge >= 0.3 is 5.97 Å². The van der Waals surface area contributed by atoms with Crippen LogP contribution in [0.3, 0.4) is 0 Å². The Labute approximate surface area is 128 Å². The smallest absolute Gasteiger partial charge is 0.328 e. The molecule has 2 aromatic rings. The van der Waals surface area contributed by atoms with E-state index >= 15 is 0 Å². The quantitative estimate of drug-likeness (QED) is 0.852. The molecule has 1 amide bonds. The van der Waals surface area contributed by atoms with Crippen molar-refractivity contribution in [3.63, 3.8) is 0 Å². The molecule has 0 aliphatic heterocycles. The van der Waals surface area contributed by atoms with Crippen LogP contribution in [-0.2, 0) is 16.0 Å². The predicted octanol–water partition coefficient (Wildman–Crippen LogP) is 1.81. The van der Waals surface area contributed by atoms with Crippen molar-refractivity contribution in [2.45, 2.75) is 26.3 Å². The largest absolute Gasteiger partial charge is 0.467 e. The molecular weight excluding hydrogens is 284 g/mol. The van der Waals surface area contributed by atoms with Crippen molar-refractivity contribution in [2.75, 3.05) is 7.11 Å². The number of oxazole rings is 1. The summed E-state index contributed by atoms with van der Waals surface area (Å²) in [6.45, 7) is 3.33. The van der Waals surface area contributed by atoms with Gasteiger partial charge in [0.1, 0.15) is 6.04 Å². The molecule has 2 rings (SSSR count). The van der Waals surface area contributed by atoms with Crippen molar-refractivity contribution in [1.82, 2.24) is 10.3 Å². The van der Waals surface area contributed by atoms with Gasteiger partial charge < -0.3 is 14.5 Å². The highest BCUT2D eigenvalue weighted by atomic mass is 16.5. The second-order valence-corrected chi connectivity index (χ2v) is 4.89. The Morgan fingerprint density at radius 2 is 1.95 bits per heavy atom. The fourth-order valence-electron chi connectivity index (χ4n) is 2.15. The van der Waals surface area contributed by atoms with Crippen molar-refractivity contribution in [2.24, 2.45) is 0 Å². The number of aryl methyl sites for hydroxylation is 2. The van der Waals surface area contributed by atoms with Crippen molar-refractivity contribution in [3.05, 3.63) is 53.2 Å². The number of nitrogens with zero attached hydrogens (tertiary/aromatic N) is 1. The molecule has 1 unspecified atom stereocenters. The number of rotatable bonds is 5. The molecule has 0 radical (unpaired) electrons. The van der Waals surface area contributed by atoms with E-state index in [2.05, 4.69) is 10.3 Å². The summed E-state index contributed by atoms with van der Waals surface area (Å²) in [4.78, 5) is 28.2. The first-order valence-corrected chi connectivity index (χ1v) is 6.88. The third-order valence-electron chi connectivity index (χ3n) is 3.18. The molecule has 6 nitrogen and oxygen atoms in total. The number of hydrogen-bond acceptors (Lipinski definition) is 5. The lowest BCUT2D eigenvalue weighted by atomic mass is 10.1. The van der Waals surface area contributed by atoms with Crippen LogP contribution in [0.5, 0.6) is 0 Å². The number of aromatic nitrogens is 1. The van der Waals surface area contributed by atoms with E-state index in [4.69, 9.17) is 9.15 Å². The monoisotopic (exact) mass is 302 g/mol. The van der Waals surface area contributed by atoms with Gasteiger partial charge in [-0.1, -0.05) is 30.3 Å². The first kappa shape index (κ1) is 15.8. The summed E-state index contributed by atoms with van der Waals surface area (Å²) >= 11 is 0. The fourth-order valence-corrected chi connectivity index (χ4v) is 2.15. The topological polar surface area (TPSA) is 81.4 Å². The molecule has 1 N–H and O–H groups in total. The van der Waals surface area contributed by atoms with Crippen LogP contribution in [0.15, 0.2) is 34.7 Å². The summed E-state index contributed by atoms with van der Waals surface area (Å²) in [7, 11) is 1.29. The molecule has 1 aromatic heterocycles. The zero-order valence-electron chi connectivity index (χ0n) is 12.8. The van der Waals surface area contributed by atoms with Gasteiger partial charge in [-0.25, -0.2) is 9.78 Å². The SMILES string of the molecule is COC(=O)C(Cc1ccccc1)NC(=O)c1oc(C)nc1C. The van der Waals surface area contributed by atoms with Gasteiger partial charge in [-0.15, -0.1) is 0 Å². The summed E-state index contributed by atoms with van der Waals surface area (Å²) in [5.74, 6) is -0.477. The van der Waals surface area contributed by atoms with E-state index < -0.39 is 17.9 Å². The molecule has 1 aromatic carbocycles. The predicted molar refractivity (Wildman–Crippen MR) is 79.4 cm³/mol. The van der Waals surface area contributed by atoms with E-state index in [1.165, 1.54) is 7.11 Å². The first-order chi connectivity index (χ1) is 10.5. The average Bonchev–Trinajstić information content (AvgIpc) is 2.85. The van der Waals surface area contributed by atoms with E-state index in [-0.39, 0.29) is 5.76 Å². The van der Waals surface area contributed by atoms with Gasteiger partial charge in [0.2, 0.25) is 5.76 Å². The zero-order valence-corrected chi connectivity index (χ0v) is 12.8. The molecule has 0 aliphatic rings. The molecule has 0 spiro atoms. The fraction of sp³-hybridized carbons (Fsp3) is 0.312. The lowest BCUT2D eigenvalue weighted by Crippen LogP contribution is -2.43. The Morgan fingerprint density at radius 3 is 2.50 bits per heavy atom. The van der Waals surface area contributed by atoms with E-state index in [9.17, 15) is 9.59 Å². The van der Waals surface area contributed by atoms with Crippen LogP contribution in [0.25, 0.3) is 0 Å². The first-order valence-electron chi connectivity index (χ1n) is 6.88. The molecule has 0 aliphatic carbocycles. The Morgan fingerprint density at radius 1 is 1.27 bits per heavy atom. The van der Waals surface area contributed by atoms with Crippen LogP contribution >= 0.6 is 0 Å². The van der Waals surface area contributed by atoms with Crippen LogP contribution in [-0.4, -0.2) is 30.0 Å². The van der Waals surface area contributed by atoms with Gasteiger partial charge in [0.05, 0.1) is 12.8 Å². The highest BCUT2D eigenvalue weighted by Gasteiger charge is 2.25. The van der Waals surface area contributed by atoms with E-state index in [1.54, 1.807) is 13.8 Å². The molecule has 116 valence electrons. The minimum atomic E-state index is -0.787. The second kappa shape index (κ2) is 6.89. The standard InChI is InChI=1S/C16H18N2O4/c1-10-14(22-11(2)17-10)15(19)18-13(16(20)21-3)9-12-7-5-4-6-8-12/h4-8,13H,9H2,1-3H3,(H,18,19). The average molecular weight is 302 g/mol. The summed E-state index contributed by atoms with van der Waals surface area (Å²) in [5, 5.41) is 2.64. The molecule has 1 heterocycles. The molecule has 0 bridgehead atoms. The number of nitrogens with one attached hydrogen (secondary N) is 1. The zero-order chi connectivity index (χ0) is 16.1. The summed E-state index contributed by atoms with van der Waals surface area (Å²) in [6, 6.07) is 8.60. The molecule has 6 heteroatoms. The normalized spacial score (nSPS) is 11.8. The second-order valence-electron chi connectivity index (χ2n) is 4.89. The number of esters is 1. The van der Waals surface area contributed by atoms with Gasteiger partial charge in [-0.3, -0.25) is 4.79 Å². The van der Waals surface area contributed by atoms with Crippen LogP contribution in [0.2, 0.25) is 0 Å². The van der Waals surface area contributed by atoms with Crippen LogP contribution in [0.4, 0.5) is 0 Å². The molecule has 22 heavy (non-hydrogen) atoms. The summed E-state index contributed by atoms with van der Waals surface area (Å²) in [5.41, 5.74) is 1.40. The number of ether oxygens (including phenoxy) is 1. The van der Waals surface area contributed by atoms with Gasteiger partial charge in [-0.2, -0.15) is 0 Å². The number of carbonyl (C=O) groups excluding carboxylic acids is 2. The maximum atomic E-state index is 12.2. The van der Waals surface area contributed by atoms with Gasteiger partial charge in [0, 0.05) is 13.3 Å². The summed E-state index contributed by atoms with van der Waals surface area (Å²) < 4.78 is 10.0. The van der Waals surface area contributed by atoms with E-state index in [0.717, 1.165) is 5.56 Å². The minimum Gasteiger partial charge on any atom is -0.467 e. The molecular formula is C16H18N2O4. The maximum Gasteiger partial charge on any atom is 0.328 e. The summed E-state index contributed by atoms with van der Waals surface area (Å²) in [6.07, 6.45) is 0.339. The number of carbonyl (C=O) groups is 2. The molecule has 1 atom stereocenters. The van der Waals surface area contributed by atoms with E-state index in [1.807, 2.05) is 30.3 Å². The van der Waals surface area contributed by atoms with Crippen molar-refractivity contribution >= 4 is 11.9 Å². The third kappa shape index (κ3) is 3.72. The lowest BCUT2D eigenvalue weighted by molar-refractivity contribution is -0.142. The molecule has 0 saturated heterocycles. The maximum absolute atomic E-state index is 12.2. The Hall–Kier alpha value is -2.63.